The highest BCUT2D eigenvalue weighted by Gasteiger charge is 2.39. The smallest absolute Gasteiger partial charge is 0.114 e. The first-order valence-corrected chi connectivity index (χ1v) is 10.5. The van der Waals surface area contributed by atoms with Gasteiger partial charge in [0.15, 0.2) is 0 Å². The summed E-state index contributed by atoms with van der Waals surface area (Å²) in [5.41, 5.74) is 0. The standard InChI is InChI=1S/C21H40O5/c1-2-3-4-5-6-7-8-9-10-11-12-13-14-15-25-16-19(23)21-20(24)18(22)17-26-21/h8-9,18-24H,2-7,10-17H2,1H3/b9-8+/t18-,19+,20+,21+/m1/s1. The van der Waals surface area contributed by atoms with E-state index in [0.29, 0.717) is 6.61 Å². The number of hydrogen-bond donors (Lipinski definition) is 3. The van der Waals surface area contributed by atoms with E-state index >= 15 is 0 Å². The Balaban J connectivity index is 1.83. The molecule has 5 nitrogen and oxygen atoms in total. The number of unbranched alkanes of at least 4 members (excludes halogenated alkanes) is 9. The van der Waals surface area contributed by atoms with Crippen LogP contribution in [0.15, 0.2) is 12.2 Å². The summed E-state index contributed by atoms with van der Waals surface area (Å²) in [5, 5.41) is 29.0. The lowest BCUT2D eigenvalue weighted by molar-refractivity contribution is -0.0813. The molecule has 0 saturated carbocycles. The van der Waals surface area contributed by atoms with Crippen LogP contribution in [0.25, 0.3) is 0 Å². The van der Waals surface area contributed by atoms with Crippen LogP contribution in [0.3, 0.4) is 0 Å². The third-order valence-electron chi connectivity index (χ3n) is 4.91. The van der Waals surface area contributed by atoms with Gasteiger partial charge in [0.25, 0.3) is 0 Å². The van der Waals surface area contributed by atoms with Crippen molar-refractivity contribution in [3.63, 3.8) is 0 Å². The molecule has 0 aliphatic carbocycles. The lowest BCUT2D eigenvalue weighted by atomic mass is 10.1. The lowest BCUT2D eigenvalue weighted by Crippen LogP contribution is -2.40. The number of rotatable bonds is 16. The van der Waals surface area contributed by atoms with Crippen LogP contribution < -0.4 is 0 Å². The van der Waals surface area contributed by atoms with Crippen LogP contribution in [0, 0.1) is 0 Å². The van der Waals surface area contributed by atoms with Gasteiger partial charge >= 0.3 is 0 Å². The average Bonchev–Trinajstić information content (AvgIpc) is 2.97. The molecule has 0 unspecified atom stereocenters. The molecule has 1 aliphatic rings. The third-order valence-corrected chi connectivity index (χ3v) is 4.91. The van der Waals surface area contributed by atoms with Gasteiger partial charge in [-0.3, -0.25) is 0 Å². The molecule has 0 aromatic rings. The number of ether oxygens (including phenoxy) is 2. The second-order valence-electron chi connectivity index (χ2n) is 7.38. The Morgan fingerprint density at radius 1 is 0.962 bits per heavy atom. The SMILES string of the molecule is CCCCCCC/C=C/CCCCCCOC[C@H](O)[C@@H]1OC[C@@H](O)[C@@H]1O. The van der Waals surface area contributed by atoms with E-state index in [-0.39, 0.29) is 13.2 Å². The fourth-order valence-corrected chi connectivity index (χ4v) is 3.18. The molecule has 0 amide bonds. The molecule has 1 heterocycles. The van der Waals surface area contributed by atoms with Crippen molar-refractivity contribution < 1.29 is 24.8 Å². The fraction of sp³-hybridized carbons (Fsp3) is 0.905. The Morgan fingerprint density at radius 3 is 2.15 bits per heavy atom. The first kappa shape index (κ1) is 23.6. The molecule has 0 bridgehead atoms. The van der Waals surface area contributed by atoms with Gasteiger partial charge in [-0.25, -0.2) is 0 Å². The molecule has 1 rings (SSSR count). The van der Waals surface area contributed by atoms with Gasteiger partial charge in [-0.1, -0.05) is 57.6 Å². The second kappa shape index (κ2) is 15.6. The molecule has 0 aromatic carbocycles. The number of aliphatic hydroxyl groups is 3. The molecule has 154 valence electrons. The van der Waals surface area contributed by atoms with Gasteiger partial charge < -0.3 is 24.8 Å². The summed E-state index contributed by atoms with van der Waals surface area (Å²) in [6.45, 7) is 3.06. The molecule has 0 aromatic heterocycles. The fourth-order valence-electron chi connectivity index (χ4n) is 3.18. The predicted molar refractivity (Wildman–Crippen MR) is 104 cm³/mol. The van der Waals surface area contributed by atoms with Crippen LogP contribution in [-0.2, 0) is 9.47 Å². The zero-order valence-electron chi connectivity index (χ0n) is 16.5. The highest BCUT2D eigenvalue weighted by atomic mass is 16.5. The monoisotopic (exact) mass is 372 g/mol. The van der Waals surface area contributed by atoms with Crippen molar-refractivity contribution in [1.82, 2.24) is 0 Å². The lowest BCUT2D eigenvalue weighted by Gasteiger charge is -2.20. The predicted octanol–water partition coefficient (Wildman–Crippen LogP) is 3.35. The maximum Gasteiger partial charge on any atom is 0.114 e. The van der Waals surface area contributed by atoms with Gasteiger partial charge in [0.05, 0.1) is 13.2 Å². The molecule has 1 saturated heterocycles. The summed E-state index contributed by atoms with van der Waals surface area (Å²) in [6, 6.07) is 0. The quantitative estimate of drug-likeness (QED) is 0.286. The van der Waals surface area contributed by atoms with Crippen molar-refractivity contribution in [2.75, 3.05) is 19.8 Å². The molecular formula is C21H40O5. The molecule has 26 heavy (non-hydrogen) atoms. The van der Waals surface area contributed by atoms with E-state index in [2.05, 4.69) is 19.1 Å². The van der Waals surface area contributed by atoms with Crippen LogP contribution in [-0.4, -0.2) is 59.6 Å². The third kappa shape index (κ3) is 10.6. The van der Waals surface area contributed by atoms with E-state index < -0.39 is 24.4 Å². The highest BCUT2D eigenvalue weighted by molar-refractivity contribution is 4.87. The first-order valence-electron chi connectivity index (χ1n) is 10.5. The Kier molecular flexibility index (Phi) is 14.1. The topological polar surface area (TPSA) is 79.2 Å². The zero-order valence-corrected chi connectivity index (χ0v) is 16.5. The summed E-state index contributed by atoms with van der Waals surface area (Å²) in [6.07, 6.45) is 14.7. The number of aliphatic hydroxyl groups excluding tert-OH is 3. The maximum absolute atomic E-state index is 9.91. The molecule has 1 aliphatic heterocycles. The Morgan fingerprint density at radius 2 is 1.58 bits per heavy atom. The summed E-state index contributed by atoms with van der Waals surface area (Å²) in [4.78, 5) is 0. The van der Waals surface area contributed by atoms with Crippen molar-refractivity contribution in [1.29, 1.82) is 0 Å². The summed E-state index contributed by atoms with van der Waals surface area (Å²) in [7, 11) is 0. The molecular weight excluding hydrogens is 332 g/mol. The Hall–Kier alpha value is -0.460. The van der Waals surface area contributed by atoms with Crippen molar-refractivity contribution in [2.45, 2.75) is 102 Å². The zero-order chi connectivity index (χ0) is 19.0. The highest BCUT2D eigenvalue weighted by Crippen LogP contribution is 2.18. The van der Waals surface area contributed by atoms with Gasteiger partial charge in [0.2, 0.25) is 0 Å². The number of hydrogen-bond acceptors (Lipinski definition) is 5. The van der Waals surface area contributed by atoms with E-state index in [0.717, 1.165) is 19.3 Å². The maximum atomic E-state index is 9.91. The Labute approximate surface area is 159 Å². The van der Waals surface area contributed by atoms with Crippen molar-refractivity contribution >= 4 is 0 Å². The van der Waals surface area contributed by atoms with Gasteiger partial charge in [-0.2, -0.15) is 0 Å². The van der Waals surface area contributed by atoms with Crippen molar-refractivity contribution in [2.24, 2.45) is 0 Å². The minimum absolute atomic E-state index is 0.0657. The van der Waals surface area contributed by atoms with Gasteiger partial charge in [-0.05, 0) is 32.1 Å². The molecule has 4 atom stereocenters. The summed E-state index contributed by atoms with van der Waals surface area (Å²) >= 11 is 0. The van der Waals surface area contributed by atoms with Crippen molar-refractivity contribution in [3.05, 3.63) is 12.2 Å². The summed E-state index contributed by atoms with van der Waals surface area (Å²) < 4.78 is 10.6. The second-order valence-corrected chi connectivity index (χ2v) is 7.38. The van der Waals surface area contributed by atoms with Gasteiger partial charge in [0.1, 0.15) is 24.4 Å². The van der Waals surface area contributed by atoms with Crippen molar-refractivity contribution in [3.8, 4) is 0 Å². The van der Waals surface area contributed by atoms with E-state index in [1.54, 1.807) is 0 Å². The minimum Gasteiger partial charge on any atom is -0.388 e. The van der Waals surface area contributed by atoms with Crippen LogP contribution in [0.2, 0.25) is 0 Å². The van der Waals surface area contributed by atoms with E-state index in [1.165, 1.54) is 51.4 Å². The molecule has 3 N–H and O–H groups in total. The van der Waals surface area contributed by atoms with E-state index in [9.17, 15) is 15.3 Å². The molecule has 0 radical (unpaired) electrons. The summed E-state index contributed by atoms with van der Waals surface area (Å²) in [5.74, 6) is 0. The Bertz CT molecular complexity index is 347. The van der Waals surface area contributed by atoms with Gasteiger partial charge in [0, 0.05) is 6.61 Å². The average molecular weight is 373 g/mol. The van der Waals surface area contributed by atoms with E-state index in [1.807, 2.05) is 0 Å². The van der Waals surface area contributed by atoms with E-state index in [4.69, 9.17) is 9.47 Å². The first-order chi connectivity index (χ1) is 12.7. The minimum atomic E-state index is -1.03. The number of allylic oxidation sites excluding steroid dienone is 2. The van der Waals surface area contributed by atoms with Crippen LogP contribution in [0.4, 0.5) is 0 Å². The van der Waals surface area contributed by atoms with Crippen LogP contribution in [0.1, 0.15) is 77.6 Å². The van der Waals surface area contributed by atoms with Crippen LogP contribution in [0.5, 0.6) is 0 Å². The van der Waals surface area contributed by atoms with Crippen LogP contribution >= 0.6 is 0 Å². The largest absolute Gasteiger partial charge is 0.388 e. The molecule has 5 heteroatoms. The molecule has 0 spiro atoms. The normalized spacial score (nSPS) is 24.5. The van der Waals surface area contributed by atoms with Gasteiger partial charge in [-0.15, -0.1) is 0 Å². The molecule has 1 fully saturated rings.